The van der Waals surface area contributed by atoms with Crippen molar-refractivity contribution in [1.82, 2.24) is 5.32 Å². The van der Waals surface area contributed by atoms with E-state index >= 15 is 0 Å². The molecule has 1 aliphatic rings. The van der Waals surface area contributed by atoms with E-state index in [1.807, 2.05) is 25.2 Å². The van der Waals surface area contributed by atoms with Crippen molar-refractivity contribution >= 4 is 15.9 Å². The predicted molar refractivity (Wildman–Crippen MR) is 87.1 cm³/mol. The van der Waals surface area contributed by atoms with Gasteiger partial charge in [0.15, 0.2) is 11.5 Å². The summed E-state index contributed by atoms with van der Waals surface area (Å²) in [5.74, 6) is 1.67. The van der Waals surface area contributed by atoms with Gasteiger partial charge in [0, 0.05) is 10.9 Å². The van der Waals surface area contributed by atoms with Crippen molar-refractivity contribution < 1.29 is 9.47 Å². The molecule has 2 aromatic carbocycles. The van der Waals surface area contributed by atoms with Crippen molar-refractivity contribution in [3.8, 4) is 11.5 Å². The average molecular weight is 348 g/mol. The zero-order chi connectivity index (χ0) is 14.7. The van der Waals surface area contributed by atoms with E-state index in [0.717, 1.165) is 22.4 Å². The number of nitrogens with one attached hydrogen (secondary N) is 1. The Morgan fingerprint density at radius 1 is 1.00 bits per heavy atom. The van der Waals surface area contributed by atoms with Crippen molar-refractivity contribution in [2.45, 2.75) is 12.5 Å². The smallest absolute Gasteiger partial charge is 0.161 e. The maximum atomic E-state index is 5.78. The first-order chi connectivity index (χ1) is 10.3. The highest BCUT2D eigenvalue weighted by Crippen LogP contribution is 2.34. The summed E-state index contributed by atoms with van der Waals surface area (Å²) in [5, 5.41) is 3.37. The lowest BCUT2D eigenvalue weighted by Crippen LogP contribution is -2.17. The molecule has 0 saturated heterocycles. The van der Waals surface area contributed by atoms with Gasteiger partial charge in [-0.25, -0.2) is 0 Å². The monoisotopic (exact) mass is 347 g/mol. The quantitative estimate of drug-likeness (QED) is 0.912. The van der Waals surface area contributed by atoms with Crippen molar-refractivity contribution in [1.29, 1.82) is 0 Å². The first-order valence-corrected chi connectivity index (χ1v) is 7.89. The van der Waals surface area contributed by atoms with E-state index in [-0.39, 0.29) is 6.04 Å². The largest absolute Gasteiger partial charge is 0.490 e. The number of hydrogen-bond acceptors (Lipinski definition) is 3. The molecule has 0 bridgehead atoms. The first kappa shape index (κ1) is 14.4. The Bertz CT molecular complexity index is 630. The summed E-state index contributed by atoms with van der Waals surface area (Å²) < 4.78 is 12.5. The molecular weight excluding hydrogens is 330 g/mol. The van der Waals surface area contributed by atoms with Gasteiger partial charge in [0.1, 0.15) is 0 Å². The van der Waals surface area contributed by atoms with E-state index in [4.69, 9.17) is 9.47 Å². The van der Waals surface area contributed by atoms with Gasteiger partial charge in [-0.3, -0.25) is 0 Å². The van der Waals surface area contributed by atoms with Crippen molar-refractivity contribution in [2.24, 2.45) is 0 Å². The van der Waals surface area contributed by atoms with Crippen LogP contribution in [0.25, 0.3) is 0 Å². The van der Waals surface area contributed by atoms with Crippen LogP contribution in [0.2, 0.25) is 0 Å². The second-order valence-corrected chi connectivity index (χ2v) is 5.95. The fourth-order valence-corrected chi connectivity index (χ4v) is 2.99. The summed E-state index contributed by atoms with van der Waals surface area (Å²) in [7, 11) is 1.97. The number of rotatable bonds is 3. The van der Waals surface area contributed by atoms with Crippen LogP contribution in [0.3, 0.4) is 0 Å². The number of fused-ring (bicyclic) bond motifs is 1. The Kier molecular flexibility index (Phi) is 4.46. The molecule has 0 amide bonds. The number of ether oxygens (including phenoxy) is 2. The molecule has 0 aliphatic carbocycles. The molecule has 1 unspecified atom stereocenters. The van der Waals surface area contributed by atoms with Gasteiger partial charge in [0.2, 0.25) is 0 Å². The van der Waals surface area contributed by atoms with Crippen LogP contribution >= 0.6 is 15.9 Å². The summed E-state index contributed by atoms with van der Waals surface area (Å²) in [6, 6.07) is 14.6. The number of hydrogen-bond donors (Lipinski definition) is 1. The number of halogens is 1. The second-order valence-electron chi connectivity index (χ2n) is 5.03. The van der Waals surface area contributed by atoms with Crippen LogP contribution in [0.5, 0.6) is 11.5 Å². The third-order valence-corrected chi connectivity index (χ3v) is 4.07. The minimum Gasteiger partial charge on any atom is -0.490 e. The molecule has 0 fully saturated rings. The lowest BCUT2D eigenvalue weighted by Gasteiger charge is -2.19. The van der Waals surface area contributed by atoms with Crippen LogP contribution in [-0.2, 0) is 0 Å². The van der Waals surface area contributed by atoms with Gasteiger partial charge in [-0.2, -0.15) is 0 Å². The Morgan fingerprint density at radius 3 is 2.52 bits per heavy atom. The van der Waals surface area contributed by atoms with E-state index in [1.165, 1.54) is 11.1 Å². The van der Waals surface area contributed by atoms with E-state index in [0.29, 0.717) is 13.2 Å². The van der Waals surface area contributed by atoms with Gasteiger partial charge >= 0.3 is 0 Å². The lowest BCUT2D eigenvalue weighted by atomic mass is 9.98. The molecule has 4 heteroatoms. The molecule has 1 N–H and O–H groups in total. The molecule has 0 saturated carbocycles. The molecule has 0 aromatic heterocycles. The standard InChI is InChI=1S/C17H18BrNO2/c1-19-17(12-4-2-5-14(18)10-12)13-6-7-15-16(11-13)21-9-3-8-20-15/h2,4-7,10-11,17,19H,3,8-9H2,1H3. The highest BCUT2D eigenvalue weighted by molar-refractivity contribution is 9.10. The molecule has 0 spiro atoms. The molecule has 21 heavy (non-hydrogen) atoms. The Morgan fingerprint density at radius 2 is 1.76 bits per heavy atom. The summed E-state index contributed by atoms with van der Waals surface area (Å²) in [4.78, 5) is 0. The minimum atomic E-state index is 0.125. The summed E-state index contributed by atoms with van der Waals surface area (Å²) in [6.45, 7) is 1.42. The normalized spacial score (nSPS) is 15.3. The summed E-state index contributed by atoms with van der Waals surface area (Å²) in [6.07, 6.45) is 0.922. The lowest BCUT2D eigenvalue weighted by molar-refractivity contribution is 0.297. The zero-order valence-corrected chi connectivity index (χ0v) is 13.5. The SMILES string of the molecule is CNC(c1cccc(Br)c1)c1ccc2c(c1)OCCCO2. The molecule has 110 valence electrons. The molecule has 0 radical (unpaired) electrons. The van der Waals surface area contributed by atoms with Gasteiger partial charge in [-0.05, 0) is 42.4 Å². The molecule has 3 nitrogen and oxygen atoms in total. The molecule has 1 aliphatic heterocycles. The van der Waals surface area contributed by atoms with Gasteiger partial charge in [-0.1, -0.05) is 34.1 Å². The maximum absolute atomic E-state index is 5.78. The van der Waals surface area contributed by atoms with Crippen molar-refractivity contribution in [2.75, 3.05) is 20.3 Å². The highest BCUT2D eigenvalue weighted by Gasteiger charge is 2.16. The van der Waals surface area contributed by atoms with Crippen LogP contribution in [-0.4, -0.2) is 20.3 Å². The number of benzene rings is 2. The van der Waals surface area contributed by atoms with Gasteiger partial charge in [0.05, 0.1) is 19.3 Å². The molecular formula is C17H18BrNO2. The predicted octanol–water partition coefficient (Wildman–Crippen LogP) is 3.92. The average Bonchev–Trinajstić information content (AvgIpc) is 2.73. The van der Waals surface area contributed by atoms with Crippen LogP contribution in [0, 0.1) is 0 Å². The van der Waals surface area contributed by atoms with Crippen LogP contribution in [0.1, 0.15) is 23.6 Å². The van der Waals surface area contributed by atoms with Gasteiger partial charge in [-0.15, -0.1) is 0 Å². The first-order valence-electron chi connectivity index (χ1n) is 7.10. The topological polar surface area (TPSA) is 30.5 Å². The van der Waals surface area contributed by atoms with E-state index in [2.05, 4.69) is 45.5 Å². The van der Waals surface area contributed by atoms with Crippen molar-refractivity contribution in [3.05, 3.63) is 58.1 Å². The Hall–Kier alpha value is -1.52. The fraction of sp³-hybridized carbons (Fsp3) is 0.294. The zero-order valence-electron chi connectivity index (χ0n) is 11.9. The Balaban J connectivity index is 1.96. The van der Waals surface area contributed by atoms with Crippen LogP contribution in [0.4, 0.5) is 0 Å². The Labute approximate surface area is 133 Å². The third kappa shape index (κ3) is 3.22. The van der Waals surface area contributed by atoms with Crippen LogP contribution < -0.4 is 14.8 Å². The third-order valence-electron chi connectivity index (χ3n) is 3.58. The van der Waals surface area contributed by atoms with E-state index in [1.54, 1.807) is 0 Å². The highest BCUT2D eigenvalue weighted by atomic mass is 79.9. The minimum absolute atomic E-state index is 0.125. The van der Waals surface area contributed by atoms with Crippen molar-refractivity contribution in [3.63, 3.8) is 0 Å². The summed E-state index contributed by atoms with van der Waals surface area (Å²) >= 11 is 3.53. The molecule has 1 atom stereocenters. The van der Waals surface area contributed by atoms with E-state index in [9.17, 15) is 0 Å². The molecule has 1 heterocycles. The molecule has 2 aromatic rings. The second kappa shape index (κ2) is 6.50. The van der Waals surface area contributed by atoms with Gasteiger partial charge in [0.25, 0.3) is 0 Å². The van der Waals surface area contributed by atoms with E-state index < -0.39 is 0 Å². The molecule has 3 rings (SSSR count). The van der Waals surface area contributed by atoms with Crippen LogP contribution in [0.15, 0.2) is 46.9 Å². The summed E-state index contributed by atoms with van der Waals surface area (Å²) in [5.41, 5.74) is 2.38. The maximum Gasteiger partial charge on any atom is 0.161 e. The van der Waals surface area contributed by atoms with Gasteiger partial charge < -0.3 is 14.8 Å². The fourth-order valence-electron chi connectivity index (χ4n) is 2.57.